The maximum atomic E-state index is 9.94. The molecule has 0 saturated heterocycles. The molecule has 5 aliphatic carbocycles. The van der Waals surface area contributed by atoms with Gasteiger partial charge in [-0.15, -0.1) is 0 Å². The average Bonchev–Trinajstić information content (AvgIpc) is 3.59. The lowest BCUT2D eigenvalue weighted by molar-refractivity contribution is -0.414. The van der Waals surface area contributed by atoms with Crippen LogP contribution in [0.25, 0.3) is 5.82 Å². The van der Waals surface area contributed by atoms with Crippen molar-refractivity contribution in [3.8, 4) is 17.6 Å². The van der Waals surface area contributed by atoms with Gasteiger partial charge >= 0.3 is 0 Å². The van der Waals surface area contributed by atoms with Crippen molar-refractivity contribution in [3.05, 3.63) is 35.0 Å². The van der Waals surface area contributed by atoms with Crippen LogP contribution in [-0.2, 0) is 12.0 Å². The number of nitriles is 1. The molecule has 3 aromatic rings. The summed E-state index contributed by atoms with van der Waals surface area (Å²) in [4.78, 5) is 9.04. The summed E-state index contributed by atoms with van der Waals surface area (Å²) in [5.41, 5.74) is 4.37. The lowest BCUT2D eigenvalue weighted by Crippen LogP contribution is -2.96. The molecule has 10 heteroatoms. The van der Waals surface area contributed by atoms with Crippen molar-refractivity contribution in [1.82, 2.24) is 29.5 Å². The zero-order valence-electron chi connectivity index (χ0n) is 21.4. The molecule has 9 nitrogen and oxygen atoms in total. The van der Waals surface area contributed by atoms with E-state index in [-0.39, 0.29) is 10.8 Å². The van der Waals surface area contributed by atoms with Crippen LogP contribution in [0.1, 0.15) is 41.9 Å². The monoisotopic (exact) mass is 608 g/mol. The first-order chi connectivity index (χ1) is 17.9. The topological polar surface area (TPSA) is 106 Å². The van der Waals surface area contributed by atoms with Gasteiger partial charge in [0, 0.05) is 27.5 Å². The summed E-state index contributed by atoms with van der Waals surface area (Å²) in [6, 6.07) is 4.67. The number of halogens is 1. The van der Waals surface area contributed by atoms with E-state index in [2.05, 4.69) is 60.6 Å². The summed E-state index contributed by atoms with van der Waals surface area (Å²) < 4.78 is 9.97. The molecule has 8 rings (SSSR count). The van der Waals surface area contributed by atoms with Gasteiger partial charge in [-0.2, -0.15) is 15.5 Å². The molecule has 7 unspecified atom stereocenters. The molecule has 0 aromatic carbocycles. The van der Waals surface area contributed by atoms with Gasteiger partial charge < -0.3 is 10.1 Å². The normalized spacial score (nSPS) is 35.8. The Morgan fingerprint density at radius 3 is 2.62 bits per heavy atom. The number of ether oxygens (including phenoxy) is 1. The minimum absolute atomic E-state index is 0.0355. The molecular weight excluding hydrogens is 579 g/mol. The lowest BCUT2D eigenvalue weighted by Gasteiger charge is -2.94. The van der Waals surface area contributed by atoms with Crippen molar-refractivity contribution in [1.29, 1.82) is 5.26 Å². The fourth-order valence-electron chi connectivity index (χ4n) is 8.64. The predicted octanol–water partition coefficient (Wildman–Crippen LogP) is 4.41. The SMILES string of the molecule is COc1c(C)nn(-c2cc(Nc3c(C)c(C45CC6C4C4C5C(I)C64C#N)nn3CC3CC3)ncn2)c1C. The molecule has 0 bridgehead atoms. The molecule has 0 radical (unpaired) electrons. The zero-order chi connectivity index (χ0) is 25.4. The van der Waals surface area contributed by atoms with Gasteiger partial charge in [0.05, 0.1) is 30.0 Å². The maximum Gasteiger partial charge on any atom is 0.163 e. The van der Waals surface area contributed by atoms with E-state index in [1.165, 1.54) is 24.1 Å². The third kappa shape index (κ3) is 2.42. The fourth-order valence-corrected chi connectivity index (χ4v) is 10.7. The Morgan fingerprint density at radius 1 is 1.19 bits per heavy atom. The Morgan fingerprint density at radius 2 is 2.00 bits per heavy atom. The number of hydrogen-bond donors (Lipinski definition) is 1. The summed E-state index contributed by atoms with van der Waals surface area (Å²) in [5, 5.41) is 23.5. The van der Waals surface area contributed by atoms with E-state index in [1.54, 1.807) is 18.1 Å². The standard InChI is InChI=1S/C27H29IN8O/c1-12-24(26-8-16-19(26)20-21(26)23(28)27(16,20)10-29)34-35(9-15-5-6-15)25(12)32-17-7-18(31-11-30-17)36-14(3)22(37-4)13(2)33-36/h7,11,15-16,19-21,23H,5-6,8-9H2,1-4H3,(H,30,31,32). The minimum Gasteiger partial charge on any atom is -0.493 e. The van der Waals surface area contributed by atoms with Crippen LogP contribution in [0.3, 0.4) is 0 Å². The van der Waals surface area contributed by atoms with Gasteiger partial charge in [-0.25, -0.2) is 19.3 Å². The van der Waals surface area contributed by atoms with E-state index in [0.29, 0.717) is 39.3 Å². The van der Waals surface area contributed by atoms with Crippen molar-refractivity contribution < 1.29 is 4.74 Å². The van der Waals surface area contributed by atoms with Gasteiger partial charge in [0.2, 0.25) is 0 Å². The number of alkyl halides is 1. The van der Waals surface area contributed by atoms with Crippen LogP contribution < -0.4 is 10.1 Å². The van der Waals surface area contributed by atoms with Crippen molar-refractivity contribution in [3.63, 3.8) is 0 Å². The highest BCUT2D eigenvalue weighted by molar-refractivity contribution is 14.1. The van der Waals surface area contributed by atoms with Gasteiger partial charge in [0.25, 0.3) is 0 Å². The smallest absolute Gasteiger partial charge is 0.163 e. The third-order valence-corrected chi connectivity index (χ3v) is 12.2. The molecule has 5 saturated carbocycles. The molecule has 7 atom stereocenters. The molecule has 0 aliphatic heterocycles. The molecule has 1 N–H and O–H groups in total. The van der Waals surface area contributed by atoms with Crippen LogP contribution in [0.4, 0.5) is 11.6 Å². The van der Waals surface area contributed by atoms with E-state index in [1.807, 2.05) is 19.9 Å². The van der Waals surface area contributed by atoms with Crippen LogP contribution >= 0.6 is 22.6 Å². The second kappa shape index (κ2) is 7.04. The first-order valence-electron chi connectivity index (χ1n) is 13.2. The van der Waals surface area contributed by atoms with Crippen LogP contribution in [-0.4, -0.2) is 40.6 Å². The second-order valence-corrected chi connectivity index (χ2v) is 13.2. The highest BCUT2D eigenvalue weighted by atomic mass is 127. The quantitative estimate of drug-likeness (QED) is 0.313. The molecule has 37 heavy (non-hydrogen) atoms. The molecule has 0 amide bonds. The van der Waals surface area contributed by atoms with Crippen molar-refractivity contribution in [2.24, 2.45) is 35.0 Å². The Bertz CT molecular complexity index is 1520. The second-order valence-electron chi connectivity index (χ2n) is 11.8. The largest absolute Gasteiger partial charge is 0.493 e. The molecule has 0 spiro atoms. The van der Waals surface area contributed by atoms with E-state index >= 15 is 0 Å². The van der Waals surface area contributed by atoms with Crippen molar-refractivity contribution in [2.45, 2.75) is 55.9 Å². The Hall–Kier alpha value is -2.68. The van der Waals surface area contributed by atoms with Crippen LogP contribution in [0.2, 0.25) is 0 Å². The number of hydrogen-bond acceptors (Lipinski definition) is 7. The Labute approximate surface area is 229 Å². The summed E-state index contributed by atoms with van der Waals surface area (Å²) in [6.45, 7) is 7.07. The lowest BCUT2D eigenvalue weighted by atomic mass is 9.09. The van der Waals surface area contributed by atoms with Gasteiger partial charge in [0.15, 0.2) is 11.6 Å². The molecule has 5 fully saturated rings. The molecular formula is C27H29IN8O. The number of fused-ring (bicyclic) bond motifs is 2. The van der Waals surface area contributed by atoms with Crippen molar-refractivity contribution in [2.75, 3.05) is 12.4 Å². The Balaban J connectivity index is 1.15. The molecule has 3 aromatic heterocycles. The molecule has 5 aliphatic rings. The van der Waals surface area contributed by atoms with Gasteiger partial charge in [-0.05, 0) is 69.6 Å². The number of aromatic nitrogens is 6. The number of rotatable bonds is 7. The number of methoxy groups -OCH3 is 1. The average molecular weight is 608 g/mol. The van der Waals surface area contributed by atoms with Crippen LogP contribution in [0, 0.1) is 67.1 Å². The maximum absolute atomic E-state index is 9.94. The van der Waals surface area contributed by atoms with Gasteiger partial charge in [-0.1, -0.05) is 22.6 Å². The van der Waals surface area contributed by atoms with E-state index in [9.17, 15) is 5.26 Å². The number of nitrogens with zero attached hydrogens (tertiary/aromatic N) is 7. The van der Waals surface area contributed by atoms with E-state index < -0.39 is 0 Å². The van der Waals surface area contributed by atoms with Crippen LogP contribution in [0.5, 0.6) is 5.75 Å². The van der Waals surface area contributed by atoms with E-state index in [4.69, 9.17) is 9.84 Å². The molecule has 3 heterocycles. The number of aryl methyl sites for hydroxylation is 1. The van der Waals surface area contributed by atoms with Crippen molar-refractivity contribution >= 4 is 34.2 Å². The third-order valence-electron chi connectivity index (χ3n) is 10.4. The Kier molecular flexibility index (Phi) is 4.25. The first kappa shape index (κ1) is 22.3. The van der Waals surface area contributed by atoms with E-state index in [0.717, 1.165) is 41.7 Å². The summed E-state index contributed by atoms with van der Waals surface area (Å²) in [5.74, 6) is 6.36. The van der Waals surface area contributed by atoms with Gasteiger partial charge in [-0.3, -0.25) is 0 Å². The summed E-state index contributed by atoms with van der Waals surface area (Å²) in [7, 11) is 1.66. The number of anilines is 2. The highest BCUT2D eigenvalue weighted by Gasteiger charge is 2.97. The summed E-state index contributed by atoms with van der Waals surface area (Å²) in [6.07, 6.45) is 5.25. The van der Waals surface area contributed by atoms with Crippen LogP contribution in [0.15, 0.2) is 12.4 Å². The number of nitrogens with one attached hydrogen (secondary N) is 1. The predicted molar refractivity (Wildman–Crippen MR) is 144 cm³/mol. The summed E-state index contributed by atoms with van der Waals surface area (Å²) >= 11 is 2.57. The fraction of sp³-hybridized carbons (Fsp3) is 0.593. The first-order valence-corrected chi connectivity index (χ1v) is 14.4. The minimum atomic E-state index is -0.0355. The highest BCUT2D eigenvalue weighted by Crippen LogP contribution is 2.95. The zero-order valence-corrected chi connectivity index (χ0v) is 23.5. The van der Waals surface area contributed by atoms with Gasteiger partial charge in [0.1, 0.15) is 23.7 Å². The molecule has 190 valence electrons.